The molecule has 4 aromatic rings. The molecule has 1 amide bonds. The van der Waals surface area contributed by atoms with Gasteiger partial charge in [0.2, 0.25) is 0 Å². The molecule has 33 heavy (non-hydrogen) atoms. The van der Waals surface area contributed by atoms with Gasteiger partial charge in [0.05, 0.1) is 27.2 Å². The molecule has 0 aliphatic heterocycles. The Kier molecular flexibility index (Phi) is 6.53. The summed E-state index contributed by atoms with van der Waals surface area (Å²) in [5, 5.41) is 7.13. The Morgan fingerprint density at radius 3 is 2.61 bits per heavy atom. The van der Waals surface area contributed by atoms with E-state index in [1.165, 1.54) is 12.1 Å². The maximum absolute atomic E-state index is 13.3. The van der Waals surface area contributed by atoms with E-state index in [9.17, 15) is 13.2 Å². The number of rotatable bonds is 8. The minimum atomic E-state index is -3.81. The fraction of sp³-hybridized carbons (Fsp3) is 0.250. The molecule has 0 bridgehead atoms. The first kappa shape index (κ1) is 23.0. The van der Waals surface area contributed by atoms with Gasteiger partial charge in [-0.2, -0.15) is 11.3 Å². The number of nitrogens with one attached hydrogen (secondary N) is 2. The van der Waals surface area contributed by atoms with Gasteiger partial charge in [0.1, 0.15) is 5.82 Å². The number of anilines is 1. The van der Waals surface area contributed by atoms with Gasteiger partial charge in [0, 0.05) is 12.6 Å². The lowest BCUT2D eigenvalue weighted by atomic mass is 10.1. The highest BCUT2D eigenvalue weighted by Crippen LogP contribution is 2.27. The van der Waals surface area contributed by atoms with E-state index >= 15 is 0 Å². The van der Waals surface area contributed by atoms with Crippen molar-refractivity contribution in [2.24, 2.45) is 0 Å². The van der Waals surface area contributed by atoms with Crippen LogP contribution in [0.5, 0.6) is 0 Å². The Morgan fingerprint density at radius 1 is 1.18 bits per heavy atom. The number of amides is 1. The second-order valence-electron chi connectivity index (χ2n) is 7.92. The predicted octanol–water partition coefficient (Wildman–Crippen LogP) is 4.59. The molecule has 1 atom stereocenters. The normalized spacial score (nSPS) is 12.6. The highest BCUT2D eigenvalue weighted by Gasteiger charge is 2.21. The number of thiophene rings is 1. The van der Waals surface area contributed by atoms with Gasteiger partial charge in [0.15, 0.2) is 0 Å². The van der Waals surface area contributed by atoms with Crippen LogP contribution in [0.2, 0.25) is 0 Å². The van der Waals surface area contributed by atoms with Gasteiger partial charge >= 0.3 is 0 Å². The van der Waals surface area contributed by atoms with E-state index < -0.39 is 10.0 Å². The summed E-state index contributed by atoms with van der Waals surface area (Å²) in [6, 6.07) is 13.3. The average molecular weight is 483 g/mol. The number of aromatic nitrogens is 2. The lowest BCUT2D eigenvalue weighted by molar-refractivity contribution is 0.0941. The van der Waals surface area contributed by atoms with E-state index in [4.69, 9.17) is 0 Å². The smallest absolute Gasteiger partial charge is 0.261 e. The molecule has 0 fully saturated rings. The molecule has 2 heterocycles. The molecule has 7 nitrogen and oxygen atoms in total. The first-order valence-electron chi connectivity index (χ1n) is 10.7. The molecule has 2 aromatic carbocycles. The van der Waals surface area contributed by atoms with Gasteiger partial charge < -0.3 is 9.88 Å². The molecule has 0 radical (unpaired) electrons. The summed E-state index contributed by atoms with van der Waals surface area (Å²) in [6.07, 6.45) is 0.713. The lowest BCUT2D eigenvalue weighted by Crippen LogP contribution is -2.34. The number of aryl methyl sites for hydroxylation is 2. The van der Waals surface area contributed by atoms with Gasteiger partial charge in [-0.25, -0.2) is 13.4 Å². The third kappa shape index (κ3) is 4.94. The molecule has 172 valence electrons. The van der Waals surface area contributed by atoms with Crippen LogP contribution in [0.15, 0.2) is 64.2 Å². The molecule has 0 saturated carbocycles. The van der Waals surface area contributed by atoms with Crippen LogP contribution in [0.4, 0.5) is 5.69 Å². The van der Waals surface area contributed by atoms with Crippen molar-refractivity contribution in [1.82, 2.24) is 14.9 Å². The van der Waals surface area contributed by atoms with Crippen LogP contribution >= 0.6 is 11.3 Å². The number of carbonyl (C=O) groups is 1. The molecule has 0 aliphatic rings. The first-order valence-corrected chi connectivity index (χ1v) is 13.1. The minimum Gasteiger partial charge on any atom is -0.349 e. The maximum Gasteiger partial charge on any atom is 0.261 e. The van der Waals surface area contributed by atoms with E-state index in [1.54, 1.807) is 41.7 Å². The van der Waals surface area contributed by atoms with Gasteiger partial charge in [-0.05, 0) is 73.8 Å². The molecular formula is C24H26N4O3S2. The van der Waals surface area contributed by atoms with Crippen LogP contribution < -0.4 is 10.0 Å². The Balaban J connectivity index is 1.71. The third-order valence-corrected chi connectivity index (χ3v) is 7.53. The van der Waals surface area contributed by atoms with Crippen molar-refractivity contribution in [2.45, 2.75) is 44.7 Å². The van der Waals surface area contributed by atoms with Crippen molar-refractivity contribution in [3.05, 3.63) is 76.2 Å². The second-order valence-corrected chi connectivity index (χ2v) is 10.4. The Morgan fingerprint density at radius 2 is 1.94 bits per heavy atom. The monoisotopic (exact) mass is 482 g/mol. The summed E-state index contributed by atoms with van der Waals surface area (Å²) in [5.41, 5.74) is 3.11. The number of benzene rings is 2. The van der Waals surface area contributed by atoms with Crippen LogP contribution in [0.3, 0.4) is 0 Å². The number of carbonyl (C=O) groups excluding carboxylic acids is 1. The Hall–Kier alpha value is -3.17. The highest BCUT2D eigenvalue weighted by atomic mass is 32.2. The first-order chi connectivity index (χ1) is 15.8. The highest BCUT2D eigenvalue weighted by molar-refractivity contribution is 7.92. The van der Waals surface area contributed by atoms with Crippen molar-refractivity contribution < 1.29 is 13.2 Å². The molecule has 0 aliphatic carbocycles. The zero-order chi connectivity index (χ0) is 23.6. The number of fused-ring (bicyclic) bond motifs is 1. The van der Waals surface area contributed by atoms with Gasteiger partial charge in [-0.3, -0.25) is 9.52 Å². The van der Waals surface area contributed by atoms with Crippen LogP contribution in [-0.4, -0.2) is 29.9 Å². The summed E-state index contributed by atoms with van der Waals surface area (Å²) >= 11 is 1.62. The maximum atomic E-state index is 13.3. The van der Waals surface area contributed by atoms with Crippen molar-refractivity contribution in [1.29, 1.82) is 0 Å². The fourth-order valence-electron chi connectivity index (χ4n) is 3.93. The zero-order valence-electron chi connectivity index (χ0n) is 18.7. The Bertz CT molecular complexity index is 1380. The van der Waals surface area contributed by atoms with Crippen LogP contribution in [-0.2, 0) is 23.0 Å². The van der Waals surface area contributed by atoms with E-state index in [2.05, 4.69) is 20.4 Å². The van der Waals surface area contributed by atoms with Crippen molar-refractivity contribution >= 4 is 44.0 Å². The fourth-order valence-corrected chi connectivity index (χ4v) is 5.68. The summed E-state index contributed by atoms with van der Waals surface area (Å²) < 4.78 is 30.3. The number of hydrogen-bond donors (Lipinski definition) is 2. The molecule has 4 rings (SSSR count). The summed E-state index contributed by atoms with van der Waals surface area (Å²) in [5.74, 6) is 0.494. The standard InChI is InChI=1S/C24H26N4O3S2/c1-4-28-17(3)26-22-14-19(27-33(30,31)20-8-6-5-7-9-20)13-21(23(22)28)24(29)25-16(2)12-18-10-11-32-15-18/h5-11,13-16,27H,4,12H2,1-3H3,(H,25,29)/t16-/m1/s1. The average Bonchev–Trinajstić information content (AvgIpc) is 3.39. The SMILES string of the molecule is CCn1c(C)nc2cc(NS(=O)(=O)c3ccccc3)cc(C(=O)N[C@H](C)Cc3ccsc3)c21. The van der Waals surface area contributed by atoms with Crippen molar-refractivity contribution in [2.75, 3.05) is 4.72 Å². The van der Waals surface area contributed by atoms with Crippen molar-refractivity contribution in [3.8, 4) is 0 Å². The molecule has 0 unspecified atom stereocenters. The summed E-state index contributed by atoms with van der Waals surface area (Å²) in [4.78, 5) is 18.1. The Labute approximate surface area is 197 Å². The van der Waals surface area contributed by atoms with E-state index in [1.807, 2.05) is 36.8 Å². The predicted molar refractivity (Wildman–Crippen MR) is 132 cm³/mol. The second kappa shape index (κ2) is 9.36. The minimum absolute atomic E-state index is 0.0917. The number of sulfonamides is 1. The zero-order valence-corrected chi connectivity index (χ0v) is 20.3. The topological polar surface area (TPSA) is 93.1 Å². The lowest BCUT2D eigenvalue weighted by Gasteiger charge is -2.16. The third-order valence-electron chi connectivity index (χ3n) is 5.40. The number of hydrogen-bond acceptors (Lipinski definition) is 5. The van der Waals surface area contributed by atoms with Crippen LogP contribution in [0.1, 0.15) is 35.6 Å². The van der Waals surface area contributed by atoms with Gasteiger partial charge in [-0.1, -0.05) is 18.2 Å². The summed E-state index contributed by atoms with van der Waals surface area (Å²) in [7, 11) is -3.81. The van der Waals surface area contributed by atoms with E-state index in [0.717, 1.165) is 11.4 Å². The van der Waals surface area contributed by atoms with Crippen LogP contribution in [0, 0.1) is 6.92 Å². The molecule has 0 spiro atoms. The quantitative estimate of drug-likeness (QED) is 0.384. The van der Waals surface area contributed by atoms with Crippen LogP contribution in [0.25, 0.3) is 11.0 Å². The van der Waals surface area contributed by atoms with Crippen molar-refractivity contribution in [3.63, 3.8) is 0 Å². The van der Waals surface area contributed by atoms with Gasteiger partial charge in [-0.15, -0.1) is 0 Å². The molecular weight excluding hydrogens is 456 g/mol. The largest absolute Gasteiger partial charge is 0.349 e. The summed E-state index contributed by atoms with van der Waals surface area (Å²) in [6.45, 7) is 6.46. The van der Waals surface area contributed by atoms with E-state index in [-0.39, 0.29) is 16.8 Å². The van der Waals surface area contributed by atoms with E-state index in [0.29, 0.717) is 35.2 Å². The van der Waals surface area contributed by atoms with Gasteiger partial charge in [0.25, 0.3) is 15.9 Å². The molecule has 0 saturated heterocycles. The molecule has 2 N–H and O–H groups in total. The molecule has 9 heteroatoms. The number of imidazole rings is 1. The molecule has 2 aromatic heterocycles. The number of nitrogens with zero attached hydrogens (tertiary/aromatic N) is 2.